The van der Waals surface area contributed by atoms with E-state index >= 15 is 0 Å². The lowest BCUT2D eigenvalue weighted by Gasteiger charge is -2.35. The third-order valence-corrected chi connectivity index (χ3v) is 5.57. The van der Waals surface area contributed by atoms with Gasteiger partial charge in [-0.15, -0.1) is 0 Å². The summed E-state index contributed by atoms with van der Waals surface area (Å²) in [6.07, 6.45) is 13.8. The minimum atomic E-state index is -0.289. The van der Waals surface area contributed by atoms with Crippen molar-refractivity contribution in [3.63, 3.8) is 0 Å². The van der Waals surface area contributed by atoms with Crippen molar-refractivity contribution in [3.05, 3.63) is 24.4 Å². The standard InChI is InChI=1S/C19H30N2O2/c1-3-12-23-19(22)13-14(2)20-15-8-4-5-9-16(15)21-17-10-6-7-11-18(17)21/h3,13,15-18,20H,1,4-12H2,2H3/b14-13-/t15-,16-,17?,18?,21?/m1/s1. The van der Waals surface area contributed by atoms with Crippen LogP contribution in [0.4, 0.5) is 0 Å². The van der Waals surface area contributed by atoms with Crippen molar-refractivity contribution in [1.82, 2.24) is 10.2 Å². The van der Waals surface area contributed by atoms with E-state index in [0.717, 1.165) is 17.8 Å². The van der Waals surface area contributed by atoms with Gasteiger partial charge in [-0.2, -0.15) is 0 Å². The van der Waals surface area contributed by atoms with Crippen molar-refractivity contribution in [2.45, 2.75) is 82.5 Å². The Labute approximate surface area is 139 Å². The molecule has 0 spiro atoms. The zero-order valence-corrected chi connectivity index (χ0v) is 14.3. The quantitative estimate of drug-likeness (QED) is 0.353. The number of hydrogen-bond acceptors (Lipinski definition) is 4. The monoisotopic (exact) mass is 318 g/mol. The van der Waals surface area contributed by atoms with E-state index in [1.807, 2.05) is 6.92 Å². The minimum Gasteiger partial charge on any atom is -0.458 e. The Morgan fingerprint density at radius 1 is 1.13 bits per heavy atom. The van der Waals surface area contributed by atoms with Crippen molar-refractivity contribution in [3.8, 4) is 0 Å². The van der Waals surface area contributed by atoms with E-state index in [1.54, 1.807) is 12.2 Å². The molecule has 23 heavy (non-hydrogen) atoms. The third-order valence-electron chi connectivity index (χ3n) is 5.57. The summed E-state index contributed by atoms with van der Waals surface area (Å²) in [5.74, 6) is -0.289. The van der Waals surface area contributed by atoms with Crippen molar-refractivity contribution >= 4 is 5.97 Å². The molecule has 4 heteroatoms. The van der Waals surface area contributed by atoms with Gasteiger partial charge in [-0.1, -0.05) is 38.3 Å². The van der Waals surface area contributed by atoms with Gasteiger partial charge >= 0.3 is 5.97 Å². The molecule has 0 radical (unpaired) electrons. The van der Waals surface area contributed by atoms with Gasteiger partial charge in [0, 0.05) is 35.9 Å². The van der Waals surface area contributed by atoms with Crippen molar-refractivity contribution in [1.29, 1.82) is 0 Å². The molecule has 2 aliphatic carbocycles. The van der Waals surface area contributed by atoms with Gasteiger partial charge in [0.25, 0.3) is 0 Å². The molecule has 0 aromatic rings. The Bertz CT molecular complexity index is 462. The molecular weight excluding hydrogens is 288 g/mol. The van der Waals surface area contributed by atoms with Gasteiger partial charge in [0.05, 0.1) is 0 Å². The van der Waals surface area contributed by atoms with E-state index in [0.29, 0.717) is 12.1 Å². The summed E-state index contributed by atoms with van der Waals surface area (Å²) >= 11 is 0. The maximum atomic E-state index is 11.7. The number of carbonyl (C=O) groups excluding carboxylic acids is 1. The first kappa shape index (κ1) is 16.6. The summed E-state index contributed by atoms with van der Waals surface area (Å²) in [7, 11) is 0. The van der Waals surface area contributed by atoms with Crippen molar-refractivity contribution in [2.75, 3.05) is 6.61 Å². The lowest BCUT2D eigenvalue weighted by atomic mass is 9.90. The second-order valence-electron chi connectivity index (χ2n) is 7.22. The number of fused-ring (bicyclic) bond motifs is 1. The van der Waals surface area contributed by atoms with E-state index in [2.05, 4.69) is 16.8 Å². The molecule has 3 aliphatic rings. The third kappa shape index (κ3) is 3.97. The number of esters is 1. The van der Waals surface area contributed by atoms with E-state index < -0.39 is 0 Å². The lowest BCUT2D eigenvalue weighted by Crippen LogP contribution is -2.46. The summed E-state index contributed by atoms with van der Waals surface area (Å²) in [5.41, 5.74) is 0.917. The maximum absolute atomic E-state index is 11.7. The highest BCUT2D eigenvalue weighted by atomic mass is 16.5. The fourth-order valence-electron chi connectivity index (χ4n) is 4.57. The Kier molecular flexibility index (Phi) is 5.42. The molecule has 0 aromatic carbocycles. The fraction of sp³-hybridized carbons (Fsp3) is 0.737. The Balaban J connectivity index is 1.57. The average Bonchev–Trinajstić information content (AvgIpc) is 3.27. The van der Waals surface area contributed by atoms with Crippen LogP contribution in [0.3, 0.4) is 0 Å². The second-order valence-corrected chi connectivity index (χ2v) is 7.22. The van der Waals surface area contributed by atoms with Crippen LogP contribution in [0.25, 0.3) is 0 Å². The number of nitrogens with zero attached hydrogens (tertiary/aromatic N) is 1. The first-order valence-corrected chi connectivity index (χ1v) is 9.20. The van der Waals surface area contributed by atoms with Gasteiger partial charge in [-0.25, -0.2) is 4.79 Å². The molecule has 0 aromatic heterocycles. The van der Waals surface area contributed by atoms with Gasteiger partial charge in [0.1, 0.15) is 6.61 Å². The lowest BCUT2D eigenvalue weighted by molar-refractivity contribution is -0.136. The predicted molar refractivity (Wildman–Crippen MR) is 92.0 cm³/mol. The zero-order valence-electron chi connectivity index (χ0n) is 14.3. The number of allylic oxidation sites excluding steroid dienone is 1. The van der Waals surface area contributed by atoms with Crippen LogP contribution in [0.15, 0.2) is 24.4 Å². The van der Waals surface area contributed by atoms with Crippen LogP contribution in [-0.4, -0.2) is 41.6 Å². The van der Waals surface area contributed by atoms with Gasteiger partial charge in [0.2, 0.25) is 0 Å². The van der Waals surface area contributed by atoms with Gasteiger partial charge < -0.3 is 10.1 Å². The van der Waals surface area contributed by atoms with Crippen LogP contribution < -0.4 is 5.32 Å². The second kappa shape index (κ2) is 7.52. The molecule has 4 nitrogen and oxygen atoms in total. The summed E-state index contributed by atoms with van der Waals surface area (Å²) < 4.78 is 5.03. The number of nitrogens with one attached hydrogen (secondary N) is 1. The summed E-state index contributed by atoms with van der Waals surface area (Å²) in [5, 5.41) is 3.60. The highest BCUT2D eigenvalue weighted by Gasteiger charge is 2.53. The number of likely N-dealkylation sites (tertiary alicyclic amines) is 1. The molecule has 3 fully saturated rings. The van der Waals surface area contributed by atoms with Gasteiger partial charge in [-0.05, 0) is 32.6 Å². The van der Waals surface area contributed by atoms with Crippen LogP contribution in [-0.2, 0) is 9.53 Å². The predicted octanol–water partition coefficient (Wildman–Crippen LogP) is 3.15. The van der Waals surface area contributed by atoms with E-state index in [9.17, 15) is 4.79 Å². The zero-order chi connectivity index (χ0) is 16.2. The summed E-state index contributed by atoms with van der Waals surface area (Å²) in [6, 6.07) is 2.80. The molecule has 2 saturated carbocycles. The molecule has 4 atom stereocenters. The van der Waals surface area contributed by atoms with Crippen LogP contribution in [0.2, 0.25) is 0 Å². The molecular formula is C19H30N2O2. The van der Waals surface area contributed by atoms with E-state index in [-0.39, 0.29) is 12.6 Å². The van der Waals surface area contributed by atoms with Crippen LogP contribution in [0.5, 0.6) is 0 Å². The molecule has 0 amide bonds. The molecule has 1 saturated heterocycles. The summed E-state index contributed by atoms with van der Waals surface area (Å²) in [4.78, 5) is 14.5. The Hall–Kier alpha value is -1.29. The number of rotatable bonds is 6. The molecule has 128 valence electrons. The smallest absolute Gasteiger partial charge is 0.332 e. The number of hydrogen-bond donors (Lipinski definition) is 1. The highest BCUT2D eigenvalue weighted by Crippen LogP contribution is 2.45. The average molecular weight is 318 g/mol. The number of carbonyl (C=O) groups is 1. The van der Waals surface area contributed by atoms with Crippen LogP contribution in [0, 0.1) is 0 Å². The van der Waals surface area contributed by atoms with Crippen molar-refractivity contribution < 1.29 is 9.53 Å². The molecule has 1 N–H and O–H groups in total. The van der Waals surface area contributed by atoms with Crippen LogP contribution >= 0.6 is 0 Å². The van der Waals surface area contributed by atoms with Crippen molar-refractivity contribution in [2.24, 2.45) is 0 Å². The molecule has 1 aliphatic heterocycles. The first-order chi connectivity index (χ1) is 11.2. The molecule has 2 unspecified atom stereocenters. The minimum absolute atomic E-state index is 0.270. The van der Waals surface area contributed by atoms with Crippen LogP contribution in [0.1, 0.15) is 58.3 Å². The molecule has 3 rings (SSSR count). The van der Waals surface area contributed by atoms with E-state index in [1.165, 1.54) is 51.4 Å². The van der Waals surface area contributed by atoms with E-state index in [4.69, 9.17) is 4.74 Å². The van der Waals surface area contributed by atoms with Gasteiger partial charge in [0.15, 0.2) is 0 Å². The van der Waals surface area contributed by atoms with Gasteiger partial charge in [-0.3, -0.25) is 4.90 Å². The Morgan fingerprint density at radius 2 is 1.74 bits per heavy atom. The highest BCUT2D eigenvalue weighted by molar-refractivity contribution is 5.82. The summed E-state index contributed by atoms with van der Waals surface area (Å²) in [6.45, 7) is 5.80. The maximum Gasteiger partial charge on any atom is 0.332 e. The fourth-order valence-corrected chi connectivity index (χ4v) is 4.57. The SMILES string of the molecule is C=CCOC(=O)/C=C(/C)N[C@@H]1CCCC[C@H]1N1C2CCCCC21. The topological polar surface area (TPSA) is 41.3 Å². The molecule has 0 bridgehead atoms. The number of ether oxygens (including phenoxy) is 1. The normalized spacial score (nSPS) is 36.7. The molecule has 1 heterocycles. The first-order valence-electron chi connectivity index (χ1n) is 9.20. The Morgan fingerprint density at radius 3 is 2.39 bits per heavy atom. The largest absolute Gasteiger partial charge is 0.458 e.